The lowest BCUT2D eigenvalue weighted by atomic mass is 9.97. The van der Waals surface area contributed by atoms with E-state index >= 15 is 0 Å². The molecule has 0 aromatic heterocycles. The molecule has 0 radical (unpaired) electrons. The van der Waals surface area contributed by atoms with Gasteiger partial charge in [-0.05, 0) is 113 Å². The molecular formula is C60H117N13O9. The summed E-state index contributed by atoms with van der Waals surface area (Å²) in [4.78, 5) is 120. The third-order valence-corrected chi connectivity index (χ3v) is 14.5. The van der Waals surface area contributed by atoms with Gasteiger partial charge in [0.25, 0.3) is 0 Å². The lowest BCUT2D eigenvalue weighted by Crippen LogP contribution is -2.48. The maximum absolute atomic E-state index is 13.9. The lowest BCUT2D eigenvalue weighted by molar-refractivity contribution is -0.128. The molecule has 0 aliphatic heterocycles. The van der Waals surface area contributed by atoms with Gasteiger partial charge in [0.05, 0.1) is 0 Å². The Balaban J connectivity index is 5.97. The molecule has 0 aromatic rings. The highest BCUT2D eigenvalue weighted by molar-refractivity contribution is 5.85. The zero-order valence-corrected chi connectivity index (χ0v) is 52.7. The van der Waals surface area contributed by atoms with Crippen molar-refractivity contribution in [3.63, 3.8) is 0 Å². The van der Waals surface area contributed by atoms with Gasteiger partial charge in [0.15, 0.2) is 0 Å². The van der Waals surface area contributed by atoms with E-state index < -0.39 is 54.2 Å². The first kappa shape index (κ1) is 77.1. The summed E-state index contributed by atoms with van der Waals surface area (Å²) in [7, 11) is 0. The molecule has 0 aliphatic carbocycles. The van der Waals surface area contributed by atoms with Crippen molar-refractivity contribution < 1.29 is 43.2 Å². The van der Waals surface area contributed by atoms with Gasteiger partial charge in [-0.3, -0.25) is 43.2 Å². The molecule has 22 nitrogen and oxygen atoms in total. The summed E-state index contributed by atoms with van der Waals surface area (Å²) in [5.74, 6) is -2.74. The van der Waals surface area contributed by atoms with E-state index in [9.17, 15) is 43.2 Å². The van der Waals surface area contributed by atoms with Crippen molar-refractivity contribution in [1.82, 2.24) is 42.5 Å². The standard InChI is InChI=1S/C60H117N13O9/c1-37(2)25-46(28-52(65)74)69-53(75)30-44(20-14-17-23-62)67-59(81)35-50(41(9)10)72-57(79)33-48(27-39(5)6)71-55(77)31-45(21-15-18-24-63)68-60(82)36-51(42(11)12)73-56(78)32-47(26-38(3)4)70-54(76)29-43(19-13-16-22-61)66-58(80)34-49(64)40(7)8/h37-51H,13-36,61-64H2,1-12H3,(H2,65,74)(H,66,80)(H,67,81)(H,68,82)(H,69,75)(H,70,76)(H,71,77)(H,72,79)(H,73,78)/t43-,44-,45-,46-,47-,48-,49+,50+,51+/m1/s1. The van der Waals surface area contributed by atoms with E-state index in [1.165, 1.54) is 0 Å². The number of carbonyl (C=O) groups excluding carboxylic acids is 9. The molecule has 0 spiro atoms. The number of nitrogens with two attached hydrogens (primary N) is 5. The van der Waals surface area contributed by atoms with Crippen LogP contribution in [0.1, 0.15) is 218 Å². The van der Waals surface area contributed by atoms with E-state index in [1.54, 1.807) is 0 Å². The van der Waals surface area contributed by atoms with Crippen molar-refractivity contribution in [3.05, 3.63) is 0 Å². The summed E-state index contributed by atoms with van der Waals surface area (Å²) in [6, 6.07) is -4.41. The Bertz CT molecular complexity index is 1890. The van der Waals surface area contributed by atoms with Gasteiger partial charge in [-0.2, -0.15) is 0 Å². The minimum atomic E-state index is -0.566. The Morgan fingerprint density at radius 1 is 0.305 bits per heavy atom. The predicted molar refractivity (Wildman–Crippen MR) is 326 cm³/mol. The molecule has 0 saturated heterocycles. The fourth-order valence-electron chi connectivity index (χ4n) is 9.94. The van der Waals surface area contributed by atoms with Gasteiger partial charge in [0, 0.05) is 112 Å². The zero-order chi connectivity index (χ0) is 62.5. The van der Waals surface area contributed by atoms with E-state index in [0.717, 1.165) is 12.8 Å². The van der Waals surface area contributed by atoms with Crippen molar-refractivity contribution in [2.24, 2.45) is 64.2 Å². The number of amides is 9. The van der Waals surface area contributed by atoms with Crippen molar-refractivity contribution in [2.45, 2.75) is 272 Å². The molecule has 0 heterocycles. The minimum absolute atomic E-state index is 0.00462. The van der Waals surface area contributed by atoms with E-state index in [2.05, 4.69) is 42.5 Å². The fraction of sp³-hybridized carbons (Fsp3) is 0.850. The van der Waals surface area contributed by atoms with Crippen LogP contribution in [0.25, 0.3) is 0 Å². The maximum Gasteiger partial charge on any atom is 0.222 e. The molecule has 18 N–H and O–H groups in total. The molecule has 0 unspecified atom stereocenters. The number of carbonyl (C=O) groups is 9. The summed E-state index contributed by atoms with van der Waals surface area (Å²) >= 11 is 0. The molecular weight excluding hydrogens is 1050 g/mol. The van der Waals surface area contributed by atoms with E-state index in [0.29, 0.717) is 83.8 Å². The first-order valence-electron chi connectivity index (χ1n) is 31.0. The molecule has 0 rings (SSSR count). The quantitative estimate of drug-likeness (QED) is 0.0387. The van der Waals surface area contributed by atoms with E-state index in [1.807, 2.05) is 83.1 Å². The minimum Gasteiger partial charge on any atom is -0.370 e. The van der Waals surface area contributed by atoms with Crippen LogP contribution in [0.5, 0.6) is 0 Å². The van der Waals surface area contributed by atoms with Gasteiger partial charge in [-0.15, -0.1) is 0 Å². The largest absolute Gasteiger partial charge is 0.370 e. The average molecular weight is 1160 g/mol. The molecule has 0 bridgehead atoms. The second kappa shape index (κ2) is 43.7. The first-order valence-corrected chi connectivity index (χ1v) is 31.0. The summed E-state index contributed by atoms with van der Waals surface area (Å²) in [6.07, 6.45) is 7.24. The highest BCUT2D eigenvalue weighted by Gasteiger charge is 2.29. The van der Waals surface area contributed by atoms with Crippen molar-refractivity contribution >= 4 is 53.2 Å². The van der Waals surface area contributed by atoms with Gasteiger partial charge in [-0.1, -0.05) is 102 Å². The highest BCUT2D eigenvalue weighted by Crippen LogP contribution is 2.17. The summed E-state index contributed by atoms with van der Waals surface area (Å²) in [6.45, 7) is 24.8. The van der Waals surface area contributed by atoms with Crippen molar-refractivity contribution in [3.8, 4) is 0 Å². The number of unbranched alkanes of at least 4 members (excludes halogenated alkanes) is 3. The Kier molecular flexibility index (Phi) is 41.1. The maximum atomic E-state index is 13.9. The van der Waals surface area contributed by atoms with Gasteiger partial charge < -0.3 is 71.2 Å². The summed E-state index contributed by atoms with van der Waals surface area (Å²) in [5, 5.41) is 24.1. The molecule has 22 heteroatoms. The monoisotopic (exact) mass is 1160 g/mol. The first-order chi connectivity index (χ1) is 38.5. The molecule has 0 saturated carbocycles. The van der Waals surface area contributed by atoms with Crippen molar-refractivity contribution in [2.75, 3.05) is 19.6 Å². The third kappa shape index (κ3) is 39.5. The van der Waals surface area contributed by atoms with Crippen molar-refractivity contribution in [1.29, 1.82) is 0 Å². The molecule has 9 atom stereocenters. The normalized spacial score (nSPS) is 15.0. The number of nitrogens with one attached hydrogen (secondary N) is 8. The topological polar surface area (TPSA) is 380 Å². The SMILES string of the molecule is CC(C)C[C@H](CC(N)=O)NC(=O)C[C@@H](CCCCN)NC(=O)C[C@H](NC(=O)C[C@@H](CC(C)C)NC(=O)C[C@@H](CCCCN)NC(=O)C[C@H](NC(=O)C[C@@H](CC(C)C)NC(=O)C[C@@H](CCCCN)NC(=O)C[C@H](N)C(C)C)C(C)C)C(C)C. The van der Waals surface area contributed by atoms with Crippen LogP contribution < -0.4 is 71.2 Å². The molecule has 0 aliphatic rings. The number of hydrogen-bond donors (Lipinski definition) is 13. The molecule has 9 amide bonds. The van der Waals surface area contributed by atoms with Gasteiger partial charge in [-0.25, -0.2) is 0 Å². The molecule has 0 aromatic carbocycles. The Labute approximate surface area is 493 Å². The molecule has 82 heavy (non-hydrogen) atoms. The van der Waals surface area contributed by atoms with Crippen LogP contribution in [0.2, 0.25) is 0 Å². The van der Waals surface area contributed by atoms with Gasteiger partial charge >= 0.3 is 0 Å². The predicted octanol–water partition coefficient (Wildman–Crippen LogP) is 3.68. The summed E-state index contributed by atoms with van der Waals surface area (Å²) in [5.41, 5.74) is 28.9. The lowest BCUT2D eigenvalue weighted by Gasteiger charge is -2.27. The fourth-order valence-corrected chi connectivity index (χ4v) is 9.94. The summed E-state index contributed by atoms with van der Waals surface area (Å²) < 4.78 is 0. The van der Waals surface area contributed by atoms with Crippen LogP contribution >= 0.6 is 0 Å². The number of hydrogen-bond acceptors (Lipinski definition) is 13. The van der Waals surface area contributed by atoms with Crippen LogP contribution in [0.3, 0.4) is 0 Å². The van der Waals surface area contributed by atoms with E-state index in [-0.39, 0.29) is 147 Å². The van der Waals surface area contributed by atoms with Gasteiger partial charge in [0.1, 0.15) is 0 Å². The third-order valence-electron chi connectivity index (χ3n) is 14.5. The van der Waals surface area contributed by atoms with E-state index in [4.69, 9.17) is 28.7 Å². The van der Waals surface area contributed by atoms with Crippen LogP contribution in [0.4, 0.5) is 0 Å². The highest BCUT2D eigenvalue weighted by atomic mass is 16.2. The van der Waals surface area contributed by atoms with Crippen LogP contribution in [0.15, 0.2) is 0 Å². The second-order valence-electron chi connectivity index (χ2n) is 25.4. The number of primary amides is 1. The Morgan fingerprint density at radius 3 is 0.805 bits per heavy atom. The molecule has 476 valence electrons. The van der Waals surface area contributed by atoms with Crippen LogP contribution in [0, 0.1) is 35.5 Å². The molecule has 0 fully saturated rings. The van der Waals surface area contributed by atoms with Crippen LogP contribution in [-0.2, 0) is 43.2 Å². The Morgan fingerprint density at radius 2 is 0.549 bits per heavy atom. The zero-order valence-electron chi connectivity index (χ0n) is 52.7. The number of rotatable bonds is 47. The average Bonchev–Trinajstić information content (AvgIpc) is 3.35. The van der Waals surface area contributed by atoms with Crippen LogP contribution in [-0.4, -0.2) is 127 Å². The Hall–Kier alpha value is -4.93. The van der Waals surface area contributed by atoms with Gasteiger partial charge in [0.2, 0.25) is 53.2 Å². The smallest absolute Gasteiger partial charge is 0.222 e. The second-order valence-corrected chi connectivity index (χ2v) is 25.4.